The number of nitrogens with zero attached hydrogens (tertiary/aromatic N) is 1. The summed E-state index contributed by atoms with van der Waals surface area (Å²) in [6, 6.07) is 15.0. The Labute approximate surface area is 148 Å². The highest BCUT2D eigenvalue weighted by atomic mass is 16.5. The van der Waals surface area contributed by atoms with E-state index in [1.54, 1.807) is 14.2 Å². The maximum atomic E-state index is 12.3. The van der Waals surface area contributed by atoms with E-state index in [9.17, 15) is 9.59 Å². The van der Waals surface area contributed by atoms with Crippen LogP contribution in [0.25, 0.3) is 0 Å². The first-order chi connectivity index (χ1) is 12.0. The van der Waals surface area contributed by atoms with Crippen molar-refractivity contribution in [1.82, 2.24) is 4.90 Å². The average Bonchev–Trinajstić information content (AvgIpc) is 2.62. The number of benzene rings is 2. The second kappa shape index (κ2) is 8.87. The smallest absolute Gasteiger partial charge is 0.243 e. The molecule has 2 aromatic carbocycles. The van der Waals surface area contributed by atoms with Gasteiger partial charge in [-0.05, 0) is 35.7 Å². The van der Waals surface area contributed by atoms with Crippen molar-refractivity contribution in [2.75, 3.05) is 26.0 Å². The van der Waals surface area contributed by atoms with Crippen LogP contribution in [0, 0.1) is 0 Å². The highest BCUT2D eigenvalue weighted by Crippen LogP contribution is 2.15. The van der Waals surface area contributed by atoms with Crippen molar-refractivity contribution >= 4 is 17.5 Å². The molecule has 0 aliphatic rings. The van der Waals surface area contributed by atoms with E-state index in [1.165, 1.54) is 4.90 Å². The Morgan fingerprint density at radius 1 is 1.08 bits per heavy atom. The van der Waals surface area contributed by atoms with Crippen LogP contribution in [-0.4, -0.2) is 37.4 Å². The van der Waals surface area contributed by atoms with Crippen molar-refractivity contribution in [3.63, 3.8) is 0 Å². The minimum absolute atomic E-state index is 0.0209. The van der Waals surface area contributed by atoms with Gasteiger partial charge in [0.15, 0.2) is 0 Å². The maximum Gasteiger partial charge on any atom is 0.243 e. The van der Waals surface area contributed by atoms with E-state index in [4.69, 9.17) is 4.74 Å². The molecule has 0 saturated heterocycles. The molecule has 0 fully saturated rings. The monoisotopic (exact) mass is 340 g/mol. The molecule has 2 rings (SSSR count). The summed E-state index contributed by atoms with van der Waals surface area (Å²) >= 11 is 0. The zero-order valence-corrected chi connectivity index (χ0v) is 14.9. The van der Waals surface area contributed by atoms with Crippen LogP contribution in [-0.2, 0) is 22.4 Å². The van der Waals surface area contributed by atoms with Crippen molar-refractivity contribution in [1.29, 1.82) is 0 Å². The van der Waals surface area contributed by atoms with Crippen LogP contribution in [0.2, 0.25) is 0 Å². The molecule has 132 valence electrons. The zero-order chi connectivity index (χ0) is 18.2. The lowest BCUT2D eigenvalue weighted by atomic mass is 10.1. The lowest BCUT2D eigenvalue weighted by Crippen LogP contribution is -2.35. The van der Waals surface area contributed by atoms with Crippen LogP contribution in [0.4, 0.5) is 5.69 Å². The number of ether oxygens (including phenoxy) is 1. The second-order valence-corrected chi connectivity index (χ2v) is 5.83. The topological polar surface area (TPSA) is 58.6 Å². The lowest BCUT2D eigenvalue weighted by molar-refractivity contribution is -0.132. The number of rotatable bonds is 7. The summed E-state index contributed by atoms with van der Waals surface area (Å²) in [7, 11) is 3.24. The molecule has 2 aromatic rings. The van der Waals surface area contributed by atoms with Crippen molar-refractivity contribution in [2.45, 2.75) is 19.8 Å². The number of anilines is 1. The van der Waals surface area contributed by atoms with Crippen LogP contribution in [0.5, 0.6) is 5.75 Å². The van der Waals surface area contributed by atoms with Gasteiger partial charge in [-0.2, -0.15) is 0 Å². The molecular formula is C20H24N2O3. The van der Waals surface area contributed by atoms with Crippen LogP contribution in [0.1, 0.15) is 18.1 Å². The summed E-state index contributed by atoms with van der Waals surface area (Å²) in [4.78, 5) is 25.9. The van der Waals surface area contributed by atoms with Gasteiger partial charge in [0, 0.05) is 12.7 Å². The fraction of sp³-hybridized carbons (Fsp3) is 0.300. The quantitative estimate of drug-likeness (QED) is 0.843. The Bertz CT molecular complexity index is 726. The fourth-order valence-corrected chi connectivity index (χ4v) is 2.50. The van der Waals surface area contributed by atoms with Crippen LogP contribution in [0.3, 0.4) is 0 Å². The van der Waals surface area contributed by atoms with E-state index in [0.29, 0.717) is 0 Å². The lowest BCUT2D eigenvalue weighted by Gasteiger charge is -2.18. The van der Waals surface area contributed by atoms with Gasteiger partial charge in [0.25, 0.3) is 0 Å². The third kappa shape index (κ3) is 5.35. The largest absolute Gasteiger partial charge is 0.497 e. The van der Waals surface area contributed by atoms with E-state index in [-0.39, 0.29) is 24.8 Å². The number of para-hydroxylation sites is 1. The van der Waals surface area contributed by atoms with Crippen LogP contribution >= 0.6 is 0 Å². The Hall–Kier alpha value is -2.82. The number of hydrogen-bond donors (Lipinski definition) is 1. The number of carbonyl (C=O) groups is 2. The standard InChI is InChI=1S/C20H24N2O3/c1-4-16-7-5-6-8-18(16)21-19(23)14-22(2)20(24)13-15-9-11-17(25-3)12-10-15/h5-12H,4,13-14H2,1-3H3,(H,21,23). The summed E-state index contributed by atoms with van der Waals surface area (Å²) in [6.45, 7) is 2.06. The highest BCUT2D eigenvalue weighted by molar-refractivity contribution is 5.95. The first-order valence-corrected chi connectivity index (χ1v) is 8.28. The molecule has 0 aliphatic carbocycles. The molecular weight excluding hydrogens is 316 g/mol. The van der Waals surface area contributed by atoms with E-state index < -0.39 is 0 Å². The van der Waals surface area contributed by atoms with Crippen molar-refractivity contribution in [3.8, 4) is 5.75 Å². The summed E-state index contributed by atoms with van der Waals surface area (Å²) in [6.07, 6.45) is 1.09. The van der Waals surface area contributed by atoms with Crippen LogP contribution < -0.4 is 10.1 Å². The van der Waals surface area contributed by atoms with Gasteiger partial charge in [0.05, 0.1) is 20.1 Å². The van der Waals surface area contributed by atoms with Crippen molar-refractivity contribution in [2.24, 2.45) is 0 Å². The van der Waals surface area contributed by atoms with E-state index >= 15 is 0 Å². The molecule has 0 unspecified atom stereocenters. The van der Waals surface area contributed by atoms with Crippen LogP contribution in [0.15, 0.2) is 48.5 Å². The number of methoxy groups -OCH3 is 1. The molecule has 0 saturated carbocycles. The van der Waals surface area contributed by atoms with Gasteiger partial charge in [-0.25, -0.2) is 0 Å². The third-order valence-corrected chi connectivity index (χ3v) is 3.99. The molecule has 1 N–H and O–H groups in total. The Kier molecular flexibility index (Phi) is 6.57. The average molecular weight is 340 g/mol. The highest BCUT2D eigenvalue weighted by Gasteiger charge is 2.14. The van der Waals surface area contributed by atoms with Gasteiger partial charge < -0.3 is 15.0 Å². The SMILES string of the molecule is CCc1ccccc1NC(=O)CN(C)C(=O)Cc1ccc(OC)cc1. The van der Waals surface area contributed by atoms with Gasteiger partial charge in [-0.3, -0.25) is 9.59 Å². The molecule has 0 spiro atoms. The maximum absolute atomic E-state index is 12.3. The van der Waals surface area contributed by atoms with Gasteiger partial charge in [0.1, 0.15) is 5.75 Å². The van der Waals surface area contributed by atoms with Gasteiger partial charge in [0.2, 0.25) is 11.8 Å². The Morgan fingerprint density at radius 2 is 1.76 bits per heavy atom. The minimum atomic E-state index is -0.202. The van der Waals surface area contributed by atoms with Gasteiger partial charge in [-0.15, -0.1) is 0 Å². The van der Waals surface area contributed by atoms with E-state index in [2.05, 4.69) is 5.32 Å². The van der Waals surface area contributed by atoms with Gasteiger partial charge in [-0.1, -0.05) is 37.3 Å². The molecule has 0 radical (unpaired) electrons. The zero-order valence-electron chi connectivity index (χ0n) is 14.9. The predicted molar refractivity (Wildman–Crippen MR) is 98.8 cm³/mol. The fourth-order valence-electron chi connectivity index (χ4n) is 2.50. The van der Waals surface area contributed by atoms with Crippen molar-refractivity contribution in [3.05, 3.63) is 59.7 Å². The Balaban J connectivity index is 1.90. The molecule has 0 bridgehead atoms. The normalized spacial score (nSPS) is 10.2. The number of hydrogen-bond acceptors (Lipinski definition) is 3. The second-order valence-electron chi connectivity index (χ2n) is 5.83. The summed E-state index contributed by atoms with van der Waals surface area (Å²) in [5.74, 6) is 0.439. The van der Waals surface area contributed by atoms with Gasteiger partial charge >= 0.3 is 0 Å². The van der Waals surface area contributed by atoms with E-state index in [1.807, 2.05) is 55.5 Å². The number of carbonyl (C=O) groups excluding carboxylic acids is 2. The number of aryl methyl sites for hydroxylation is 1. The summed E-state index contributed by atoms with van der Waals surface area (Å²) in [5.41, 5.74) is 2.75. The first kappa shape index (κ1) is 18.5. The Morgan fingerprint density at radius 3 is 2.40 bits per heavy atom. The third-order valence-electron chi connectivity index (χ3n) is 3.99. The number of amides is 2. The van der Waals surface area contributed by atoms with Crippen molar-refractivity contribution < 1.29 is 14.3 Å². The summed E-state index contributed by atoms with van der Waals surface area (Å²) < 4.78 is 5.10. The number of likely N-dealkylation sites (N-methyl/N-ethyl adjacent to an activating group) is 1. The number of nitrogens with one attached hydrogen (secondary N) is 1. The molecule has 0 atom stereocenters. The molecule has 2 amide bonds. The summed E-state index contributed by atoms with van der Waals surface area (Å²) in [5, 5.41) is 2.88. The first-order valence-electron chi connectivity index (χ1n) is 8.28. The molecule has 25 heavy (non-hydrogen) atoms. The molecule has 0 aliphatic heterocycles. The minimum Gasteiger partial charge on any atom is -0.497 e. The molecule has 0 aromatic heterocycles. The molecule has 5 nitrogen and oxygen atoms in total. The molecule has 5 heteroatoms. The van der Waals surface area contributed by atoms with E-state index in [0.717, 1.165) is 29.0 Å². The predicted octanol–water partition coefficient (Wildman–Crippen LogP) is 2.90. The molecule has 0 heterocycles.